The number of amides is 3. The highest BCUT2D eigenvalue weighted by atomic mass is 16.2. The van der Waals surface area contributed by atoms with Crippen LogP contribution in [-0.2, 0) is 11.3 Å². The molecule has 3 amide bonds. The van der Waals surface area contributed by atoms with E-state index in [1.807, 2.05) is 124 Å². The van der Waals surface area contributed by atoms with E-state index in [0.717, 1.165) is 16.8 Å². The van der Waals surface area contributed by atoms with Gasteiger partial charge < -0.3 is 20.4 Å². The van der Waals surface area contributed by atoms with Gasteiger partial charge in [0.05, 0.1) is 6.04 Å². The van der Waals surface area contributed by atoms with Crippen LogP contribution in [0, 0.1) is 5.41 Å². The van der Waals surface area contributed by atoms with Crippen LogP contribution in [0.15, 0.2) is 78.9 Å². The van der Waals surface area contributed by atoms with Gasteiger partial charge in [0.1, 0.15) is 0 Å². The molecule has 0 saturated carbocycles. The molecule has 0 saturated heterocycles. The quantitative estimate of drug-likeness (QED) is 0.411. The average Bonchev–Trinajstić information content (AvgIpc) is 2.82. The van der Waals surface area contributed by atoms with Crippen molar-refractivity contribution in [1.82, 2.24) is 4.90 Å². The van der Waals surface area contributed by atoms with E-state index in [4.69, 9.17) is 0 Å². The third-order valence-electron chi connectivity index (χ3n) is 5.84. The van der Waals surface area contributed by atoms with E-state index in [1.54, 1.807) is 0 Å². The number of anilines is 3. The number of benzene rings is 3. The summed E-state index contributed by atoms with van der Waals surface area (Å²) >= 11 is 0. The normalized spacial score (nSPS) is 11.9. The Hall–Kier alpha value is -3.80. The minimum absolute atomic E-state index is 0.0683. The Morgan fingerprint density at radius 2 is 1.40 bits per heavy atom. The van der Waals surface area contributed by atoms with Crippen LogP contribution in [0.2, 0.25) is 0 Å². The lowest BCUT2D eigenvalue weighted by molar-refractivity contribution is -0.142. The molecule has 1 unspecified atom stereocenters. The highest BCUT2D eigenvalue weighted by Crippen LogP contribution is 2.32. The highest BCUT2D eigenvalue weighted by molar-refractivity contribution is 6.00. The van der Waals surface area contributed by atoms with Crippen molar-refractivity contribution in [3.8, 4) is 0 Å². The summed E-state index contributed by atoms with van der Waals surface area (Å²) in [5.74, 6) is 0.0683. The number of hydrogen-bond acceptors (Lipinski definition) is 3. The van der Waals surface area contributed by atoms with Gasteiger partial charge in [-0.1, -0.05) is 69.3 Å². The van der Waals surface area contributed by atoms with Gasteiger partial charge in [0.15, 0.2) is 0 Å². The molecule has 0 radical (unpaired) electrons. The highest BCUT2D eigenvalue weighted by Gasteiger charge is 2.31. The van der Waals surface area contributed by atoms with Crippen LogP contribution in [-0.4, -0.2) is 30.9 Å². The molecule has 184 valence electrons. The summed E-state index contributed by atoms with van der Waals surface area (Å²) in [4.78, 5) is 30.1. The standard InChI is InChI=1S/C29H36N4O2/c1-21(22-13-9-7-10-14-22)33(27(34)29(2,3)4)20-23-19-25(17-18-26(23)32(5)6)31-28(35)30-24-15-11-8-12-16-24/h7-19,21H,20H2,1-6H3,(H2,30,31,35). The number of hydrogen-bond donors (Lipinski definition) is 2. The van der Waals surface area contributed by atoms with Crippen molar-refractivity contribution in [2.75, 3.05) is 29.6 Å². The molecule has 0 bridgehead atoms. The van der Waals surface area contributed by atoms with E-state index in [9.17, 15) is 9.59 Å². The first-order valence-corrected chi connectivity index (χ1v) is 11.9. The minimum Gasteiger partial charge on any atom is -0.377 e. The topological polar surface area (TPSA) is 64.7 Å². The maximum Gasteiger partial charge on any atom is 0.323 e. The van der Waals surface area contributed by atoms with Crippen molar-refractivity contribution < 1.29 is 9.59 Å². The Kier molecular flexibility index (Phi) is 8.18. The largest absolute Gasteiger partial charge is 0.377 e. The maximum absolute atomic E-state index is 13.6. The fraction of sp³-hybridized carbons (Fsp3) is 0.310. The first-order chi connectivity index (χ1) is 16.6. The molecule has 0 aliphatic carbocycles. The van der Waals surface area contributed by atoms with Crippen LogP contribution in [0.5, 0.6) is 0 Å². The van der Waals surface area contributed by atoms with Crippen LogP contribution >= 0.6 is 0 Å². The molecule has 6 nitrogen and oxygen atoms in total. The van der Waals surface area contributed by atoms with Crippen molar-refractivity contribution in [2.45, 2.75) is 40.3 Å². The van der Waals surface area contributed by atoms with Gasteiger partial charge in [-0.15, -0.1) is 0 Å². The van der Waals surface area contributed by atoms with E-state index in [-0.39, 0.29) is 18.0 Å². The second-order valence-electron chi connectivity index (χ2n) is 9.95. The molecule has 0 aromatic heterocycles. The molecule has 0 aliphatic heterocycles. The Balaban J connectivity index is 1.91. The van der Waals surface area contributed by atoms with Crippen molar-refractivity contribution in [2.24, 2.45) is 5.41 Å². The van der Waals surface area contributed by atoms with Gasteiger partial charge in [-0.3, -0.25) is 4.79 Å². The lowest BCUT2D eigenvalue weighted by Gasteiger charge is -2.35. The number of urea groups is 1. The number of nitrogens with one attached hydrogen (secondary N) is 2. The van der Waals surface area contributed by atoms with Gasteiger partial charge in [0.2, 0.25) is 5.91 Å². The van der Waals surface area contributed by atoms with Gasteiger partial charge in [0.25, 0.3) is 0 Å². The first-order valence-electron chi connectivity index (χ1n) is 11.9. The molecule has 3 aromatic rings. The first kappa shape index (κ1) is 25.8. The summed E-state index contributed by atoms with van der Waals surface area (Å²) in [5.41, 5.74) is 3.86. The zero-order chi connectivity index (χ0) is 25.6. The van der Waals surface area contributed by atoms with Gasteiger partial charge in [-0.2, -0.15) is 0 Å². The number of nitrogens with zero attached hydrogens (tertiary/aromatic N) is 2. The van der Waals surface area contributed by atoms with Gasteiger partial charge in [-0.25, -0.2) is 4.79 Å². The van der Waals surface area contributed by atoms with E-state index in [0.29, 0.717) is 17.9 Å². The predicted octanol–water partition coefficient (Wildman–Crippen LogP) is 6.53. The molecular formula is C29H36N4O2. The third kappa shape index (κ3) is 6.85. The lowest BCUT2D eigenvalue weighted by Crippen LogP contribution is -2.40. The van der Waals surface area contributed by atoms with Crippen LogP contribution in [0.4, 0.5) is 21.9 Å². The van der Waals surface area contributed by atoms with Crippen molar-refractivity contribution in [3.05, 3.63) is 90.0 Å². The molecule has 0 fully saturated rings. The summed E-state index contributed by atoms with van der Waals surface area (Å²) in [6, 6.07) is 24.7. The van der Waals surface area contributed by atoms with E-state index < -0.39 is 5.41 Å². The molecule has 0 aliphatic rings. The Labute approximate surface area is 209 Å². The summed E-state index contributed by atoms with van der Waals surface area (Å²) in [6.45, 7) is 8.30. The van der Waals surface area contributed by atoms with Crippen LogP contribution < -0.4 is 15.5 Å². The Morgan fingerprint density at radius 3 is 1.97 bits per heavy atom. The van der Waals surface area contributed by atoms with Crippen LogP contribution in [0.3, 0.4) is 0 Å². The molecule has 3 rings (SSSR count). The van der Waals surface area contributed by atoms with Crippen molar-refractivity contribution >= 4 is 29.0 Å². The minimum atomic E-state index is -0.535. The summed E-state index contributed by atoms with van der Waals surface area (Å²) in [7, 11) is 3.95. The number of carbonyl (C=O) groups excluding carboxylic acids is 2. The van der Waals surface area contributed by atoms with E-state index >= 15 is 0 Å². The SMILES string of the molecule is CC(c1ccccc1)N(Cc1cc(NC(=O)Nc2ccccc2)ccc1N(C)C)C(=O)C(C)(C)C. The molecule has 2 N–H and O–H groups in total. The van der Waals surface area contributed by atoms with E-state index in [2.05, 4.69) is 17.6 Å². The third-order valence-corrected chi connectivity index (χ3v) is 5.84. The monoisotopic (exact) mass is 472 g/mol. The smallest absolute Gasteiger partial charge is 0.323 e. The average molecular weight is 473 g/mol. The van der Waals surface area contributed by atoms with E-state index in [1.165, 1.54) is 0 Å². The molecule has 1 atom stereocenters. The molecular weight excluding hydrogens is 436 g/mol. The molecule has 0 spiro atoms. The number of rotatable bonds is 7. The van der Waals surface area contributed by atoms with Gasteiger partial charge >= 0.3 is 6.03 Å². The summed E-state index contributed by atoms with van der Waals surface area (Å²) in [6.07, 6.45) is 0. The molecule has 35 heavy (non-hydrogen) atoms. The zero-order valence-corrected chi connectivity index (χ0v) is 21.5. The Bertz CT molecular complexity index is 1140. The summed E-state index contributed by atoms with van der Waals surface area (Å²) in [5, 5.41) is 5.76. The number of para-hydroxylation sites is 1. The second-order valence-corrected chi connectivity index (χ2v) is 9.95. The van der Waals surface area contributed by atoms with Gasteiger partial charge in [-0.05, 0) is 48.4 Å². The van der Waals surface area contributed by atoms with Crippen LogP contribution in [0.1, 0.15) is 44.9 Å². The second kappa shape index (κ2) is 11.1. The predicted molar refractivity (Wildman–Crippen MR) is 145 cm³/mol. The number of carbonyl (C=O) groups is 2. The Morgan fingerprint density at radius 1 is 0.829 bits per heavy atom. The maximum atomic E-state index is 13.6. The van der Waals surface area contributed by atoms with Gasteiger partial charge in [0, 0.05) is 43.1 Å². The fourth-order valence-electron chi connectivity index (χ4n) is 3.95. The lowest BCUT2D eigenvalue weighted by atomic mass is 9.92. The molecule has 0 heterocycles. The fourth-order valence-corrected chi connectivity index (χ4v) is 3.95. The van der Waals surface area contributed by atoms with Crippen LogP contribution in [0.25, 0.3) is 0 Å². The summed E-state index contributed by atoms with van der Waals surface area (Å²) < 4.78 is 0. The van der Waals surface area contributed by atoms with Crippen molar-refractivity contribution in [3.63, 3.8) is 0 Å². The molecule has 6 heteroatoms. The van der Waals surface area contributed by atoms with Crippen molar-refractivity contribution in [1.29, 1.82) is 0 Å². The zero-order valence-electron chi connectivity index (χ0n) is 21.5. The molecule has 3 aromatic carbocycles.